The SMILES string of the molecule is CC(=O)C[C](=O)[V]. The van der Waals surface area contributed by atoms with E-state index in [-0.39, 0.29) is 16.7 Å². The number of carbonyl (C=O) groups excluding carboxylic acids is 2. The second-order valence-corrected chi connectivity index (χ2v) is 2.05. The van der Waals surface area contributed by atoms with Crippen LogP contribution in [0.3, 0.4) is 0 Å². The van der Waals surface area contributed by atoms with Crippen LogP contribution in [0.25, 0.3) is 0 Å². The zero-order valence-corrected chi connectivity index (χ0v) is 5.37. The molecule has 7 heavy (non-hydrogen) atoms. The van der Waals surface area contributed by atoms with Crippen molar-refractivity contribution in [3.8, 4) is 0 Å². The van der Waals surface area contributed by atoms with Crippen LogP contribution in [-0.2, 0) is 27.0 Å². The van der Waals surface area contributed by atoms with Crippen LogP contribution in [0.5, 0.6) is 0 Å². The van der Waals surface area contributed by atoms with Gasteiger partial charge in [0.2, 0.25) is 0 Å². The third-order valence-corrected chi connectivity index (χ3v) is 0.647. The zero-order chi connectivity index (χ0) is 5.86. The molecule has 3 heteroatoms. The van der Waals surface area contributed by atoms with Gasteiger partial charge >= 0.3 is 50.6 Å². The predicted octanol–water partition coefficient (Wildman–Crippen LogP) is 0.0389. The summed E-state index contributed by atoms with van der Waals surface area (Å²) < 4.78 is -0.125. The van der Waals surface area contributed by atoms with Crippen molar-refractivity contribution in [2.45, 2.75) is 13.3 Å². The van der Waals surface area contributed by atoms with Gasteiger partial charge in [-0.1, -0.05) is 0 Å². The van der Waals surface area contributed by atoms with Crippen molar-refractivity contribution in [1.82, 2.24) is 0 Å². The van der Waals surface area contributed by atoms with Crippen molar-refractivity contribution in [2.75, 3.05) is 0 Å². The summed E-state index contributed by atoms with van der Waals surface area (Å²) in [6.07, 6.45) is 0.0556. The van der Waals surface area contributed by atoms with Gasteiger partial charge < -0.3 is 0 Å². The molecule has 0 unspecified atom stereocenters. The van der Waals surface area contributed by atoms with Crippen LogP contribution in [0.1, 0.15) is 13.3 Å². The number of hydrogen-bond donors (Lipinski definition) is 0. The van der Waals surface area contributed by atoms with Crippen LogP contribution in [0.4, 0.5) is 0 Å². The van der Waals surface area contributed by atoms with Crippen molar-refractivity contribution in [1.29, 1.82) is 0 Å². The summed E-state index contributed by atoms with van der Waals surface area (Å²) in [6, 6.07) is 0. The quantitative estimate of drug-likeness (QED) is 0.502. The fourth-order valence-corrected chi connectivity index (χ4v) is 0.561. The van der Waals surface area contributed by atoms with E-state index >= 15 is 0 Å². The third kappa shape index (κ3) is 5.92. The molecular formula is C4H5O2V. The van der Waals surface area contributed by atoms with Crippen molar-refractivity contribution in [3.05, 3.63) is 0 Å². The van der Waals surface area contributed by atoms with Crippen LogP contribution in [0.2, 0.25) is 0 Å². The first kappa shape index (κ1) is 6.92. The van der Waals surface area contributed by atoms with Gasteiger partial charge in [0.05, 0.1) is 0 Å². The Balaban J connectivity index is 3.32. The molecule has 0 aliphatic heterocycles. The summed E-state index contributed by atoms with van der Waals surface area (Å²) in [4.78, 5) is 20.0. The van der Waals surface area contributed by atoms with Gasteiger partial charge in [0.1, 0.15) is 0 Å². The molecule has 38 valence electrons. The summed E-state index contributed by atoms with van der Waals surface area (Å²) in [5, 5.41) is 0. The van der Waals surface area contributed by atoms with Crippen molar-refractivity contribution in [3.63, 3.8) is 0 Å². The number of Topliss-reactive ketones (excluding diaryl/α,β-unsaturated/α-hetero) is 1. The Hall–Kier alpha value is -0.0756. The zero-order valence-electron chi connectivity index (χ0n) is 3.97. The first-order valence-corrected chi connectivity index (χ1v) is 2.54. The van der Waals surface area contributed by atoms with E-state index in [1.165, 1.54) is 6.92 Å². The molecule has 0 radical (unpaired) electrons. The number of carbonyl (C=O) groups is 2. The molecule has 0 spiro atoms. The molecule has 0 saturated carbocycles. The molecule has 0 bridgehead atoms. The standard InChI is InChI=1S/C4H5O2.V/c1-4(6)2-3-5;/h2H2,1H3;. The molecule has 0 aromatic rings. The molecule has 0 amide bonds. The van der Waals surface area contributed by atoms with Gasteiger partial charge in [-0.15, -0.1) is 0 Å². The van der Waals surface area contributed by atoms with Gasteiger partial charge in [-0.05, 0) is 0 Å². The Morgan fingerprint density at radius 1 is 1.57 bits per heavy atom. The van der Waals surface area contributed by atoms with Crippen molar-refractivity contribution < 1.29 is 27.0 Å². The first-order chi connectivity index (χ1) is 3.13. The van der Waals surface area contributed by atoms with E-state index in [1.54, 1.807) is 0 Å². The molecule has 0 aromatic heterocycles. The summed E-state index contributed by atoms with van der Waals surface area (Å²) in [6.45, 7) is 1.39. The molecule has 0 N–H and O–H groups in total. The summed E-state index contributed by atoms with van der Waals surface area (Å²) in [5.74, 6) is -0.0781. The predicted molar refractivity (Wildman–Crippen MR) is 20.3 cm³/mol. The number of ketones is 1. The van der Waals surface area contributed by atoms with E-state index in [1.807, 2.05) is 17.4 Å². The minimum absolute atomic E-state index is 0.0556. The van der Waals surface area contributed by atoms with Crippen molar-refractivity contribution >= 4 is 10.3 Å². The van der Waals surface area contributed by atoms with E-state index in [4.69, 9.17) is 0 Å². The topological polar surface area (TPSA) is 34.1 Å². The van der Waals surface area contributed by atoms with Crippen LogP contribution in [0.15, 0.2) is 0 Å². The van der Waals surface area contributed by atoms with Crippen LogP contribution in [0, 0.1) is 0 Å². The average molecular weight is 136 g/mol. The molecule has 2 nitrogen and oxygen atoms in total. The number of hydrogen-bond acceptors (Lipinski definition) is 2. The maximum absolute atomic E-state index is 10.0. The summed E-state index contributed by atoms with van der Waals surface area (Å²) in [7, 11) is 0. The van der Waals surface area contributed by atoms with E-state index in [0.717, 1.165) is 0 Å². The molecule has 0 fully saturated rings. The Kier molecular flexibility index (Phi) is 2.96. The van der Waals surface area contributed by atoms with Gasteiger partial charge in [-0.25, -0.2) is 0 Å². The fraction of sp³-hybridized carbons (Fsp3) is 0.500. The number of rotatable bonds is 2. The summed E-state index contributed by atoms with van der Waals surface area (Å²) >= 11 is 1.81. The maximum atomic E-state index is 10.0. The Bertz CT molecular complexity index is 85.9. The van der Waals surface area contributed by atoms with Gasteiger partial charge in [-0.3, -0.25) is 0 Å². The molecule has 0 aliphatic rings. The normalized spacial score (nSPS) is 8.14. The molecular weight excluding hydrogens is 131 g/mol. The second-order valence-electron chi connectivity index (χ2n) is 1.27. The molecule has 0 aliphatic carbocycles. The molecule has 0 rings (SSSR count). The second kappa shape index (κ2) is 3.00. The fourth-order valence-electron chi connectivity index (χ4n) is 0.213. The Labute approximate surface area is 51.2 Å². The van der Waals surface area contributed by atoms with Crippen LogP contribution >= 0.6 is 0 Å². The molecule has 0 aromatic carbocycles. The van der Waals surface area contributed by atoms with Crippen LogP contribution < -0.4 is 0 Å². The monoisotopic (exact) mass is 136 g/mol. The van der Waals surface area contributed by atoms with Crippen molar-refractivity contribution in [2.24, 2.45) is 0 Å². The average Bonchev–Trinajstić information content (AvgIpc) is 1.27. The van der Waals surface area contributed by atoms with E-state index in [2.05, 4.69) is 0 Å². The molecule has 0 atom stereocenters. The van der Waals surface area contributed by atoms with E-state index < -0.39 is 0 Å². The van der Waals surface area contributed by atoms with E-state index in [9.17, 15) is 9.59 Å². The minimum atomic E-state index is -0.125. The summed E-state index contributed by atoms with van der Waals surface area (Å²) in [5.41, 5.74) is 0. The van der Waals surface area contributed by atoms with Crippen LogP contribution in [-0.4, -0.2) is 10.3 Å². The molecule has 0 heterocycles. The van der Waals surface area contributed by atoms with Gasteiger partial charge in [0.15, 0.2) is 0 Å². The van der Waals surface area contributed by atoms with E-state index in [0.29, 0.717) is 0 Å². The Morgan fingerprint density at radius 2 is 2.00 bits per heavy atom. The van der Waals surface area contributed by atoms with Gasteiger partial charge in [0, 0.05) is 0 Å². The van der Waals surface area contributed by atoms with Gasteiger partial charge in [-0.2, -0.15) is 0 Å². The third-order valence-electron chi connectivity index (χ3n) is 0.400. The first-order valence-electron chi connectivity index (χ1n) is 1.84. The Morgan fingerprint density at radius 3 is 2.00 bits per heavy atom. The molecule has 0 saturated heterocycles. The van der Waals surface area contributed by atoms with Gasteiger partial charge in [0.25, 0.3) is 0 Å².